The Kier molecular flexibility index (Phi) is 4.77. The van der Waals surface area contributed by atoms with Crippen molar-refractivity contribution < 1.29 is 24.2 Å². The molecule has 3 aliphatic rings. The first-order valence-electron chi connectivity index (χ1n) is 10.3. The second kappa shape index (κ2) is 7.30. The summed E-state index contributed by atoms with van der Waals surface area (Å²) in [6.07, 6.45) is -0.962. The molecule has 2 aromatic carbocycles. The maximum atomic E-state index is 13.6. The SMILES string of the molecule is COc1ccc(CN2C(=O)[C@@H]3[C@H]([C@@H](C)O)N[C@]4(C(=O)Nc5ccc(Cl)cc54)[C@@H]3C2=O)cc1. The topological polar surface area (TPSA) is 108 Å². The molecular formula is C23H22ClN3O5. The fourth-order valence-electron chi connectivity index (χ4n) is 5.25. The van der Waals surface area contributed by atoms with Crippen LogP contribution in [0.3, 0.4) is 0 Å². The van der Waals surface area contributed by atoms with Crippen molar-refractivity contribution in [3.8, 4) is 5.75 Å². The van der Waals surface area contributed by atoms with E-state index in [0.717, 1.165) is 5.56 Å². The highest BCUT2D eigenvalue weighted by Crippen LogP contribution is 2.53. The standard InChI is InChI=1S/C23H22ClN3O5/c1-11(28)19-17-18(23(26-19)15-9-13(24)5-8-16(15)25-22(23)31)21(30)27(20(17)29)10-12-3-6-14(32-2)7-4-12/h3-9,11,17-19,26,28H,10H2,1-2H3,(H,25,31)/t11-,17+,18+,19+,23+/m1/s1. The van der Waals surface area contributed by atoms with E-state index in [4.69, 9.17) is 16.3 Å². The van der Waals surface area contributed by atoms with Gasteiger partial charge >= 0.3 is 0 Å². The zero-order chi connectivity index (χ0) is 22.8. The fourth-order valence-corrected chi connectivity index (χ4v) is 5.42. The maximum absolute atomic E-state index is 13.6. The Morgan fingerprint density at radius 3 is 2.53 bits per heavy atom. The number of imide groups is 1. The first-order valence-corrected chi connectivity index (χ1v) is 10.7. The lowest BCUT2D eigenvalue weighted by Gasteiger charge is -2.30. The highest BCUT2D eigenvalue weighted by atomic mass is 35.5. The summed E-state index contributed by atoms with van der Waals surface area (Å²) in [7, 11) is 1.56. The van der Waals surface area contributed by atoms with Gasteiger partial charge in [0, 0.05) is 22.3 Å². The van der Waals surface area contributed by atoms with Gasteiger partial charge in [0.15, 0.2) is 0 Å². The van der Waals surface area contributed by atoms with Gasteiger partial charge in [0.25, 0.3) is 0 Å². The smallest absolute Gasteiger partial charge is 0.250 e. The highest BCUT2D eigenvalue weighted by molar-refractivity contribution is 6.31. The summed E-state index contributed by atoms with van der Waals surface area (Å²) in [5.74, 6) is -2.49. The van der Waals surface area contributed by atoms with Gasteiger partial charge in [-0.3, -0.25) is 24.6 Å². The Labute approximate surface area is 189 Å². The van der Waals surface area contributed by atoms with Gasteiger partial charge in [-0.05, 0) is 42.8 Å². The van der Waals surface area contributed by atoms with E-state index in [1.165, 1.54) is 4.90 Å². The number of nitrogens with zero attached hydrogens (tertiary/aromatic N) is 1. The fraction of sp³-hybridized carbons (Fsp3) is 0.348. The molecule has 3 N–H and O–H groups in total. The molecule has 8 nitrogen and oxygen atoms in total. The minimum absolute atomic E-state index is 0.0707. The maximum Gasteiger partial charge on any atom is 0.250 e. The number of likely N-dealkylation sites (tertiary alicyclic amines) is 1. The molecule has 32 heavy (non-hydrogen) atoms. The number of fused-ring (bicyclic) bond motifs is 4. The summed E-state index contributed by atoms with van der Waals surface area (Å²) in [4.78, 5) is 41.5. The van der Waals surface area contributed by atoms with Crippen LogP contribution in [0.1, 0.15) is 18.1 Å². The van der Waals surface area contributed by atoms with Crippen LogP contribution in [-0.2, 0) is 26.5 Å². The van der Waals surface area contributed by atoms with Crippen LogP contribution in [0.4, 0.5) is 5.69 Å². The average Bonchev–Trinajstić information content (AvgIpc) is 3.36. The van der Waals surface area contributed by atoms with Crippen molar-refractivity contribution >= 4 is 35.0 Å². The quantitative estimate of drug-likeness (QED) is 0.605. The van der Waals surface area contributed by atoms with E-state index in [-0.39, 0.29) is 6.54 Å². The van der Waals surface area contributed by atoms with E-state index in [2.05, 4.69) is 10.6 Å². The Hall–Kier alpha value is -2.94. The molecule has 0 bridgehead atoms. The normalized spacial score (nSPS) is 29.3. The third-order valence-electron chi connectivity index (χ3n) is 6.72. The van der Waals surface area contributed by atoms with Crippen LogP contribution in [0.25, 0.3) is 0 Å². The van der Waals surface area contributed by atoms with Crippen LogP contribution in [0.15, 0.2) is 42.5 Å². The van der Waals surface area contributed by atoms with Crippen LogP contribution < -0.4 is 15.4 Å². The first kappa shape index (κ1) is 20.9. The molecule has 5 rings (SSSR count). The molecule has 2 saturated heterocycles. The summed E-state index contributed by atoms with van der Waals surface area (Å²) in [6.45, 7) is 1.62. The molecule has 2 fully saturated rings. The van der Waals surface area contributed by atoms with Gasteiger partial charge in [-0.1, -0.05) is 23.7 Å². The Morgan fingerprint density at radius 1 is 1.16 bits per heavy atom. The number of anilines is 1. The second-order valence-electron chi connectivity index (χ2n) is 8.48. The molecule has 3 heterocycles. The van der Waals surface area contributed by atoms with Crippen LogP contribution in [0, 0.1) is 11.8 Å². The van der Waals surface area contributed by atoms with Gasteiger partial charge in [-0.15, -0.1) is 0 Å². The molecule has 3 aliphatic heterocycles. The number of methoxy groups -OCH3 is 1. The zero-order valence-electron chi connectivity index (χ0n) is 17.5. The lowest BCUT2D eigenvalue weighted by Crippen LogP contribution is -2.54. The molecule has 1 spiro atoms. The number of hydrogen-bond acceptors (Lipinski definition) is 6. The Balaban J connectivity index is 1.58. The molecule has 0 saturated carbocycles. The minimum Gasteiger partial charge on any atom is -0.497 e. The molecule has 166 valence electrons. The van der Waals surface area contributed by atoms with E-state index in [0.29, 0.717) is 22.0 Å². The molecule has 9 heteroatoms. The Morgan fingerprint density at radius 2 is 1.88 bits per heavy atom. The van der Waals surface area contributed by atoms with Crippen molar-refractivity contribution in [2.75, 3.05) is 12.4 Å². The number of halogens is 1. The summed E-state index contributed by atoms with van der Waals surface area (Å²) in [5, 5.41) is 16.8. The summed E-state index contributed by atoms with van der Waals surface area (Å²) in [5.41, 5.74) is 0.322. The summed E-state index contributed by atoms with van der Waals surface area (Å²) >= 11 is 6.21. The molecule has 5 atom stereocenters. The summed E-state index contributed by atoms with van der Waals surface area (Å²) in [6, 6.07) is 11.3. The van der Waals surface area contributed by atoms with Crippen molar-refractivity contribution in [1.82, 2.24) is 10.2 Å². The molecule has 0 aromatic heterocycles. The second-order valence-corrected chi connectivity index (χ2v) is 8.91. The van der Waals surface area contributed by atoms with E-state index in [1.54, 1.807) is 56.5 Å². The van der Waals surface area contributed by atoms with Crippen molar-refractivity contribution in [2.45, 2.75) is 31.2 Å². The zero-order valence-corrected chi connectivity index (χ0v) is 18.2. The van der Waals surface area contributed by atoms with Gasteiger partial charge in [-0.25, -0.2) is 0 Å². The van der Waals surface area contributed by atoms with Crippen LogP contribution >= 0.6 is 11.6 Å². The first-order chi connectivity index (χ1) is 15.3. The number of ether oxygens (including phenoxy) is 1. The lowest BCUT2D eigenvalue weighted by atomic mass is 9.76. The number of benzene rings is 2. The van der Waals surface area contributed by atoms with E-state index in [9.17, 15) is 19.5 Å². The number of nitrogens with one attached hydrogen (secondary N) is 2. The lowest BCUT2D eigenvalue weighted by molar-refractivity contribution is -0.143. The predicted octanol–water partition coefficient (Wildman–Crippen LogP) is 1.65. The van der Waals surface area contributed by atoms with Crippen molar-refractivity contribution in [3.05, 3.63) is 58.6 Å². The highest BCUT2D eigenvalue weighted by Gasteiger charge is 2.71. The van der Waals surface area contributed by atoms with E-state index in [1.807, 2.05) is 0 Å². The van der Waals surface area contributed by atoms with Crippen LogP contribution in [0.5, 0.6) is 5.75 Å². The summed E-state index contributed by atoms with van der Waals surface area (Å²) < 4.78 is 5.16. The molecule has 0 aliphatic carbocycles. The number of hydrogen-bond donors (Lipinski definition) is 3. The van der Waals surface area contributed by atoms with Crippen LogP contribution in [-0.4, -0.2) is 47.0 Å². The van der Waals surface area contributed by atoms with Gasteiger partial charge in [0.2, 0.25) is 17.7 Å². The number of carbonyl (C=O) groups is 3. The average molecular weight is 456 g/mol. The molecule has 2 aromatic rings. The number of amides is 3. The van der Waals surface area contributed by atoms with Crippen LogP contribution in [0.2, 0.25) is 5.02 Å². The van der Waals surface area contributed by atoms with E-state index >= 15 is 0 Å². The monoisotopic (exact) mass is 455 g/mol. The number of rotatable bonds is 4. The van der Waals surface area contributed by atoms with Gasteiger partial charge in [-0.2, -0.15) is 0 Å². The molecular weight excluding hydrogens is 434 g/mol. The molecule has 0 unspecified atom stereocenters. The number of aliphatic hydroxyl groups excluding tert-OH is 1. The minimum atomic E-state index is -1.48. The van der Waals surface area contributed by atoms with Gasteiger partial charge < -0.3 is 15.2 Å². The van der Waals surface area contributed by atoms with E-state index < -0.39 is 47.2 Å². The number of aliphatic hydroxyl groups is 1. The predicted molar refractivity (Wildman–Crippen MR) is 116 cm³/mol. The van der Waals surface area contributed by atoms with Crippen molar-refractivity contribution in [1.29, 1.82) is 0 Å². The van der Waals surface area contributed by atoms with Crippen molar-refractivity contribution in [3.63, 3.8) is 0 Å². The molecule has 3 amide bonds. The van der Waals surface area contributed by atoms with Gasteiger partial charge in [0.05, 0.1) is 31.6 Å². The Bertz CT molecular complexity index is 1130. The van der Waals surface area contributed by atoms with Gasteiger partial charge in [0.1, 0.15) is 11.3 Å². The number of carbonyl (C=O) groups excluding carboxylic acids is 3. The largest absolute Gasteiger partial charge is 0.497 e. The third-order valence-corrected chi connectivity index (χ3v) is 6.96. The third kappa shape index (κ3) is 2.80. The molecule has 0 radical (unpaired) electrons. The van der Waals surface area contributed by atoms with Crippen molar-refractivity contribution in [2.24, 2.45) is 11.8 Å².